The highest BCUT2D eigenvalue weighted by molar-refractivity contribution is 6.10. The van der Waals surface area contributed by atoms with Crippen LogP contribution >= 0.6 is 0 Å². The number of fused-ring (bicyclic) bond motifs is 1. The SMILES string of the molecule is Cc1ccc2c(Oc3ccc(CC(=O)C4(C(=O)Cc5ccc(F)cc5)CC4)cc3)ccnc2c1. The Morgan fingerprint density at radius 1 is 0.882 bits per heavy atom. The number of nitrogens with zero attached hydrogens (tertiary/aromatic N) is 1. The average Bonchev–Trinajstić information content (AvgIpc) is 3.64. The first-order valence-corrected chi connectivity index (χ1v) is 11.4. The Kier molecular flexibility index (Phi) is 5.70. The molecular weight excluding hydrogens is 429 g/mol. The summed E-state index contributed by atoms with van der Waals surface area (Å²) in [4.78, 5) is 30.3. The molecule has 5 rings (SSSR count). The average molecular weight is 454 g/mol. The fourth-order valence-corrected chi connectivity index (χ4v) is 4.27. The molecule has 3 aromatic carbocycles. The maximum Gasteiger partial charge on any atom is 0.150 e. The second-order valence-electron chi connectivity index (χ2n) is 8.98. The molecule has 170 valence electrons. The molecule has 4 aromatic rings. The Hall–Kier alpha value is -3.86. The molecule has 0 amide bonds. The lowest BCUT2D eigenvalue weighted by Gasteiger charge is -2.14. The van der Waals surface area contributed by atoms with E-state index >= 15 is 0 Å². The number of Topliss-reactive ketones (excluding diaryl/α,β-unsaturated/α-hetero) is 2. The van der Waals surface area contributed by atoms with Gasteiger partial charge in [0.25, 0.3) is 0 Å². The van der Waals surface area contributed by atoms with Gasteiger partial charge in [0, 0.05) is 24.4 Å². The minimum atomic E-state index is -0.891. The van der Waals surface area contributed by atoms with Crippen LogP contribution in [0.1, 0.15) is 29.5 Å². The van der Waals surface area contributed by atoms with Crippen molar-refractivity contribution in [2.75, 3.05) is 0 Å². The Bertz CT molecular complexity index is 1370. The predicted molar refractivity (Wildman–Crippen MR) is 128 cm³/mol. The number of aromatic nitrogens is 1. The van der Waals surface area contributed by atoms with Crippen LogP contribution in [0.2, 0.25) is 0 Å². The van der Waals surface area contributed by atoms with E-state index in [2.05, 4.69) is 4.98 Å². The van der Waals surface area contributed by atoms with E-state index in [0.717, 1.165) is 33.3 Å². The van der Waals surface area contributed by atoms with Gasteiger partial charge in [-0.3, -0.25) is 14.6 Å². The maximum atomic E-state index is 13.1. The summed E-state index contributed by atoms with van der Waals surface area (Å²) in [5.74, 6) is 0.913. The molecule has 1 fully saturated rings. The van der Waals surface area contributed by atoms with Gasteiger partial charge in [0.2, 0.25) is 0 Å². The lowest BCUT2D eigenvalue weighted by atomic mass is 9.88. The minimum absolute atomic E-state index is 0.0521. The van der Waals surface area contributed by atoms with E-state index in [-0.39, 0.29) is 30.2 Å². The summed E-state index contributed by atoms with van der Waals surface area (Å²) in [6, 6.07) is 21.1. The molecule has 0 saturated heterocycles. The van der Waals surface area contributed by atoms with Crippen LogP contribution in [-0.2, 0) is 22.4 Å². The first-order chi connectivity index (χ1) is 16.4. The highest BCUT2D eigenvalue weighted by atomic mass is 19.1. The summed E-state index contributed by atoms with van der Waals surface area (Å²) < 4.78 is 19.2. The lowest BCUT2D eigenvalue weighted by Crippen LogP contribution is -2.28. The van der Waals surface area contributed by atoms with Crippen LogP contribution in [0.4, 0.5) is 4.39 Å². The molecule has 0 radical (unpaired) electrons. The van der Waals surface area contributed by atoms with E-state index in [1.165, 1.54) is 12.1 Å². The molecule has 5 heteroatoms. The number of ether oxygens (including phenoxy) is 1. The first-order valence-electron chi connectivity index (χ1n) is 11.4. The molecule has 0 N–H and O–H groups in total. The molecule has 0 aliphatic heterocycles. The summed E-state index contributed by atoms with van der Waals surface area (Å²) in [6.45, 7) is 2.02. The fraction of sp³-hybridized carbons (Fsp3) is 0.207. The minimum Gasteiger partial charge on any atom is -0.457 e. The van der Waals surface area contributed by atoms with E-state index in [9.17, 15) is 14.0 Å². The summed E-state index contributed by atoms with van der Waals surface area (Å²) in [6.07, 6.45) is 3.25. The molecule has 1 saturated carbocycles. The van der Waals surface area contributed by atoms with Gasteiger partial charge in [-0.2, -0.15) is 0 Å². The zero-order chi connectivity index (χ0) is 23.7. The number of carbonyl (C=O) groups is 2. The number of benzene rings is 3. The first kappa shape index (κ1) is 22.0. The van der Waals surface area contributed by atoms with Crippen molar-refractivity contribution >= 4 is 22.5 Å². The van der Waals surface area contributed by atoms with Crippen molar-refractivity contribution in [1.82, 2.24) is 4.98 Å². The van der Waals surface area contributed by atoms with Gasteiger partial charge >= 0.3 is 0 Å². The van der Waals surface area contributed by atoms with Crippen molar-refractivity contribution in [2.24, 2.45) is 5.41 Å². The van der Waals surface area contributed by atoms with Crippen LogP contribution in [0.3, 0.4) is 0 Å². The number of halogens is 1. The summed E-state index contributed by atoms with van der Waals surface area (Å²) >= 11 is 0. The van der Waals surface area contributed by atoms with Crippen LogP contribution in [0.5, 0.6) is 11.5 Å². The molecule has 0 unspecified atom stereocenters. The number of pyridine rings is 1. The highest BCUT2D eigenvalue weighted by Crippen LogP contribution is 2.48. The quantitative estimate of drug-likeness (QED) is 0.299. The topological polar surface area (TPSA) is 56.3 Å². The number of hydrogen-bond donors (Lipinski definition) is 0. The normalized spacial score (nSPS) is 14.1. The van der Waals surface area contributed by atoms with E-state index in [1.807, 2.05) is 55.5 Å². The summed E-state index contributed by atoms with van der Waals surface area (Å²) in [5, 5.41) is 0.933. The molecule has 1 heterocycles. The van der Waals surface area contributed by atoms with Crippen LogP contribution in [0.25, 0.3) is 10.9 Å². The number of carbonyl (C=O) groups excluding carboxylic acids is 2. The molecule has 1 aliphatic rings. The van der Waals surface area contributed by atoms with Gasteiger partial charge in [0.05, 0.1) is 10.9 Å². The Balaban J connectivity index is 1.25. The van der Waals surface area contributed by atoms with Crippen molar-refractivity contribution in [1.29, 1.82) is 0 Å². The standard InChI is InChI=1S/C29H24FNO3/c1-19-2-11-24-25(16-19)31-15-12-26(24)34-23-9-5-21(6-10-23)18-28(33)29(13-14-29)27(32)17-20-3-7-22(30)8-4-20/h2-12,15-16H,13-14,17-18H2,1H3. The Morgan fingerprint density at radius 3 is 2.12 bits per heavy atom. The second kappa shape index (κ2) is 8.82. The van der Waals surface area contributed by atoms with E-state index in [1.54, 1.807) is 18.3 Å². The zero-order valence-corrected chi connectivity index (χ0v) is 18.9. The van der Waals surface area contributed by atoms with Gasteiger partial charge in [0.15, 0.2) is 11.6 Å². The fourth-order valence-electron chi connectivity index (χ4n) is 4.27. The van der Waals surface area contributed by atoms with E-state index in [4.69, 9.17) is 4.74 Å². The molecule has 0 atom stereocenters. The summed E-state index contributed by atoms with van der Waals surface area (Å²) in [7, 11) is 0. The Morgan fingerprint density at radius 2 is 1.50 bits per heavy atom. The van der Waals surface area contributed by atoms with Gasteiger partial charge < -0.3 is 4.74 Å². The van der Waals surface area contributed by atoms with Gasteiger partial charge in [0.1, 0.15) is 17.3 Å². The van der Waals surface area contributed by atoms with Gasteiger partial charge in [-0.1, -0.05) is 30.3 Å². The maximum absolute atomic E-state index is 13.1. The lowest BCUT2D eigenvalue weighted by molar-refractivity contribution is -0.133. The number of aryl methyl sites for hydroxylation is 1. The molecule has 1 aromatic heterocycles. The zero-order valence-electron chi connectivity index (χ0n) is 18.9. The van der Waals surface area contributed by atoms with Gasteiger partial charge in [-0.15, -0.1) is 0 Å². The van der Waals surface area contributed by atoms with E-state index < -0.39 is 5.41 Å². The molecule has 1 aliphatic carbocycles. The van der Waals surface area contributed by atoms with Crippen molar-refractivity contribution < 1.29 is 18.7 Å². The molecular formula is C29H24FNO3. The molecule has 4 nitrogen and oxygen atoms in total. The number of ketones is 2. The third kappa shape index (κ3) is 4.46. The van der Waals surface area contributed by atoms with Crippen LogP contribution < -0.4 is 4.74 Å². The van der Waals surface area contributed by atoms with Crippen molar-refractivity contribution in [3.05, 3.63) is 102 Å². The predicted octanol–water partition coefficient (Wildman–Crippen LogP) is 6.18. The van der Waals surface area contributed by atoms with Crippen molar-refractivity contribution in [3.8, 4) is 11.5 Å². The third-order valence-electron chi connectivity index (χ3n) is 6.47. The third-order valence-corrected chi connectivity index (χ3v) is 6.47. The van der Waals surface area contributed by atoms with Gasteiger partial charge in [-0.25, -0.2) is 4.39 Å². The second-order valence-corrected chi connectivity index (χ2v) is 8.98. The number of hydrogen-bond acceptors (Lipinski definition) is 4. The molecule has 0 spiro atoms. The monoisotopic (exact) mass is 453 g/mol. The van der Waals surface area contributed by atoms with Crippen LogP contribution in [-0.4, -0.2) is 16.6 Å². The van der Waals surface area contributed by atoms with E-state index in [0.29, 0.717) is 18.6 Å². The largest absolute Gasteiger partial charge is 0.457 e. The van der Waals surface area contributed by atoms with Crippen LogP contribution in [0, 0.1) is 18.2 Å². The highest BCUT2D eigenvalue weighted by Gasteiger charge is 2.54. The molecule has 34 heavy (non-hydrogen) atoms. The molecule has 0 bridgehead atoms. The smallest absolute Gasteiger partial charge is 0.150 e. The Labute approximate surface area is 197 Å². The number of rotatable bonds is 8. The summed E-state index contributed by atoms with van der Waals surface area (Å²) in [5.41, 5.74) is 2.69. The van der Waals surface area contributed by atoms with Gasteiger partial charge in [-0.05, 0) is 78.9 Å². The van der Waals surface area contributed by atoms with Crippen molar-refractivity contribution in [3.63, 3.8) is 0 Å². The van der Waals surface area contributed by atoms with Crippen molar-refractivity contribution in [2.45, 2.75) is 32.6 Å². The van der Waals surface area contributed by atoms with Crippen LogP contribution in [0.15, 0.2) is 79.0 Å².